The Morgan fingerprint density at radius 3 is 2.68 bits per heavy atom. The number of hydrogen-bond donors (Lipinski definition) is 1. The number of aryl methyl sites for hydroxylation is 2. The summed E-state index contributed by atoms with van der Waals surface area (Å²) in [5.41, 5.74) is 1.03. The molecule has 0 aliphatic heterocycles. The first-order valence-corrected chi connectivity index (χ1v) is 7.20. The van der Waals surface area contributed by atoms with Gasteiger partial charge in [0.05, 0.1) is 24.9 Å². The second-order valence-electron chi connectivity index (χ2n) is 4.27. The molecule has 0 fully saturated rings. The van der Waals surface area contributed by atoms with Crippen molar-refractivity contribution in [2.45, 2.75) is 33.2 Å². The molecule has 0 bridgehead atoms. The fraction of sp³-hybridized carbons (Fsp3) is 0.692. The Hall–Kier alpha value is -0.980. The highest BCUT2D eigenvalue weighted by molar-refractivity contribution is 7.11. The van der Waals surface area contributed by atoms with E-state index in [9.17, 15) is 4.79 Å². The summed E-state index contributed by atoms with van der Waals surface area (Å²) >= 11 is 1.63. The minimum atomic E-state index is -0.117. The molecule has 108 valence electrons. The van der Waals surface area contributed by atoms with Crippen molar-refractivity contribution in [3.63, 3.8) is 0 Å². The van der Waals surface area contributed by atoms with Gasteiger partial charge in [-0.3, -0.25) is 4.79 Å². The highest BCUT2D eigenvalue weighted by Crippen LogP contribution is 2.24. The lowest BCUT2D eigenvalue weighted by Crippen LogP contribution is -2.31. The molecule has 0 spiro atoms. The van der Waals surface area contributed by atoms with Gasteiger partial charge in [0.2, 0.25) is 5.91 Å². The number of hydrogen-bond acceptors (Lipinski definition) is 5. The average Bonchev–Trinajstić information content (AvgIpc) is 2.72. The van der Waals surface area contributed by atoms with Crippen LogP contribution in [-0.2, 0) is 14.3 Å². The topological polar surface area (TPSA) is 60.5 Å². The van der Waals surface area contributed by atoms with Crippen molar-refractivity contribution in [1.29, 1.82) is 0 Å². The fourth-order valence-electron chi connectivity index (χ4n) is 1.53. The Morgan fingerprint density at radius 1 is 1.42 bits per heavy atom. The largest absolute Gasteiger partial charge is 0.382 e. The van der Waals surface area contributed by atoms with Crippen molar-refractivity contribution in [1.82, 2.24) is 10.3 Å². The molecule has 1 aromatic rings. The number of nitrogens with zero attached hydrogens (tertiary/aromatic N) is 1. The van der Waals surface area contributed by atoms with Crippen LogP contribution in [0.3, 0.4) is 0 Å². The number of carbonyl (C=O) groups is 1. The van der Waals surface area contributed by atoms with Gasteiger partial charge in [0.15, 0.2) is 0 Å². The van der Waals surface area contributed by atoms with E-state index in [1.54, 1.807) is 18.4 Å². The highest BCUT2D eigenvalue weighted by atomic mass is 32.1. The summed E-state index contributed by atoms with van der Waals surface area (Å²) in [6.45, 7) is 7.04. The van der Waals surface area contributed by atoms with E-state index in [1.807, 2.05) is 20.8 Å². The minimum absolute atomic E-state index is 0.0316. The third kappa shape index (κ3) is 5.26. The molecule has 0 radical (unpaired) electrons. The monoisotopic (exact) mass is 286 g/mol. The van der Waals surface area contributed by atoms with Crippen molar-refractivity contribution in [3.8, 4) is 0 Å². The Balaban J connectivity index is 2.45. The number of methoxy groups -OCH3 is 1. The standard InChI is InChI=1S/C13H22N2O3S/c1-5-11(13-14-9(2)10(3)19-13)15-12(16)8-18-7-6-17-4/h11H,5-8H2,1-4H3,(H,15,16)/t11-/m0/s1. The molecule has 1 heterocycles. The van der Waals surface area contributed by atoms with Gasteiger partial charge in [0.1, 0.15) is 11.6 Å². The van der Waals surface area contributed by atoms with Crippen molar-refractivity contribution in [3.05, 3.63) is 15.6 Å². The van der Waals surface area contributed by atoms with Gasteiger partial charge in [-0.15, -0.1) is 11.3 Å². The Kier molecular flexibility index (Phi) is 6.97. The third-order valence-electron chi connectivity index (χ3n) is 2.75. The lowest BCUT2D eigenvalue weighted by atomic mass is 10.2. The molecule has 5 nitrogen and oxygen atoms in total. The predicted molar refractivity (Wildman–Crippen MR) is 75.5 cm³/mol. The molecule has 0 saturated heterocycles. The van der Waals surface area contributed by atoms with E-state index >= 15 is 0 Å². The first-order chi connectivity index (χ1) is 9.08. The molecule has 6 heteroatoms. The number of nitrogens with one attached hydrogen (secondary N) is 1. The van der Waals surface area contributed by atoms with Crippen molar-refractivity contribution in [2.75, 3.05) is 26.9 Å². The molecule has 0 aliphatic rings. The molecular weight excluding hydrogens is 264 g/mol. The van der Waals surface area contributed by atoms with E-state index < -0.39 is 0 Å². The molecule has 1 rings (SSSR count). The second-order valence-corrected chi connectivity index (χ2v) is 5.50. The maximum absolute atomic E-state index is 11.7. The van der Waals surface area contributed by atoms with Crippen LogP contribution < -0.4 is 5.32 Å². The Bertz CT molecular complexity index is 387. The minimum Gasteiger partial charge on any atom is -0.382 e. The Morgan fingerprint density at radius 2 is 2.16 bits per heavy atom. The SMILES string of the molecule is CC[C@H](NC(=O)COCCOC)c1nc(C)c(C)s1. The van der Waals surface area contributed by atoms with E-state index in [-0.39, 0.29) is 18.6 Å². The summed E-state index contributed by atoms with van der Waals surface area (Å²) in [6.07, 6.45) is 0.816. The van der Waals surface area contributed by atoms with Crippen LogP contribution in [0.25, 0.3) is 0 Å². The summed E-state index contributed by atoms with van der Waals surface area (Å²) < 4.78 is 10.0. The van der Waals surface area contributed by atoms with E-state index in [2.05, 4.69) is 10.3 Å². The highest BCUT2D eigenvalue weighted by Gasteiger charge is 2.17. The number of rotatable bonds is 8. The molecular formula is C13H22N2O3S. The smallest absolute Gasteiger partial charge is 0.246 e. The second kappa shape index (κ2) is 8.24. The first kappa shape index (κ1) is 16.1. The van der Waals surface area contributed by atoms with Crippen molar-refractivity contribution < 1.29 is 14.3 Å². The van der Waals surface area contributed by atoms with E-state index in [4.69, 9.17) is 9.47 Å². The quantitative estimate of drug-likeness (QED) is 0.742. The molecule has 1 N–H and O–H groups in total. The van der Waals surface area contributed by atoms with E-state index in [1.165, 1.54) is 4.88 Å². The van der Waals surface area contributed by atoms with Crippen molar-refractivity contribution in [2.24, 2.45) is 0 Å². The molecule has 0 aliphatic carbocycles. The molecule has 19 heavy (non-hydrogen) atoms. The van der Waals surface area contributed by atoms with Crippen LogP contribution >= 0.6 is 11.3 Å². The Labute approximate surface area is 118 Å². The molecule has 0 saturated carbocycles. The maximum atomic E-state index is 11.7. The van der Waals surface area contributed by atoms with Crippen LogP contribution in [0.15, 0.2) is 0 Å². The predicted octanol–water partition coefficient (Wildman–Crippen LogP) is 1.99. The molecule has 1 atom stereocenters. The first-order valence-electron chi connectivity index (χ1n) is 6.38. The van der Waals surface area contributed by atoms with Crippen molar-refractivity contribution >= 4 is 17.2 Å². The number of carbonyl (C=O) groups excluding carboxylic acids is 1. The zero-order valence-electron chi connectivity index (χ0n) is 12.0. The zero-order chi connectivity index (χ0) is 14.3. The fourth-order valence-corrected chi connectivity index (χ4v) is 2.59. The van der Waals surface area contributed by atoms with Gasteiger partial charge < -0.3 is 14.8 Å². The third-order valence-corrected chi connectivity index (χ3v) is 3.94. The summed E-state index contributed by atoms with van der Waals surface area (Å²) in [7, 11) is 1.60. The van der Waals surface area contributed by atoms with Crippen LogP contribution in [-0.4, -0.2) is 37.8 Å². The number of ether oxygens (including phenoxy) is 2. The summed E-state index contributed by atoms with van der Waals surface area (Å²) in [5, 5.41) is 3.90. The van der Waals surface area contributed by atoms with Gasteiger partial charge in [-0.2, -0.15) is 0 Å². The summed E-state index contributed by atoms with van der Waals surface area (Å²) in [6, 6.07) is -0.0316. The van der Waals surface area contributed by atoms with Gasteiger partial charge in [0.25, 0.3) is 0 Å². The summed E-state index contributed by atoms with van der Waals surface area (Å²) in [4.78, 5) is 17.4. The van der Waals surface area contributed by atoms with Crippen LogP contribution in [0.1, 0.15) is 35.0 Å². The lowest BCUT2D eigenvalue weighted by Gasteiger charge is -2.14. The van der Waals surface area contributed by atoms with Crippen LogP contribution in [0, 0.1) is 13.8 Å². The maximum Gasteiger partial charge on any atom is 0.246 e. The normalized spacial score (nSPS) is 12.4. The van der Waals surface area contributed by atoms with Crippen LogP contribution in [0.2, 0.25) is 0 Å². The number of thiazole rings is 1. The van der Waals surface area contributed by atoms with Crippen LogP contribution in [0.4, 0.5) is 0 Å². The molecule has 1 amide bonds. The van der Waals surface area contributed by atoms with Gasteiger partial charge in [-0.1, -0.05) is 6.92 Å². The van der Waals surface area contributed by atoms with E-state index in [0.29, 0.717) is 13.2 Å². The molecule has 1 aromatic heterocycles. The van der Waals surface area contributed by atoms with Gasteiger partial charge >= 0.3 is 0 Å². The molecule has 0 aromatic carbocycles. The molecule has 0 unspecified atom stereocenters. The van der Waals surface area contributed by atoms with Gasteiger partial charge in [-0.25, -0.2) is 4.98 Å². The lowest BCUT2D eigenvalue weighted by molar-refractivity contribution is -0.126. The van der Waals surface area contributed by atoms with E-state index in [0.717, 1.165) is 17.1 Å². The van der Waals surface area contributed by atoms with Crippen LogP contribution in [0.5, 0.6) is 0 Å². The average molecular weight is 286 g/mol. The van der Waals surface area contributed by atoms with Gasteiger partial charge in [0, 0.05) is 12.0 Å². The van der Waals surface area contributed by atoms with Gasteiger partial charge in [-0.05, 0) is 20.3 Å². The number of aromatic nitrogens is 1. The summed E-state index contributed by atoms with van der Waals surface area (Å²) in [5.74, 6) is -0.117. The number of amides is 1. The zero-order valence-corrected chi connectivity index (χ0v) is 12.8.